The van der Waals surface area contributed by atoms with Crippen molar-refractivity contribution in [2.24, 2.45) is 0 Å². The summed E-state index contributed by atoms with van der Waals surface area (Å²) < 4.78 is 11.2. The van der Waals surface area contributed by atoms with Gasteiger partial charge in [-0.05, 0) is 68.7 Å². The van der Waals surface area contributed by atoms with Crippen LogP contribution in [0.5, 0.6) is 5.75 Å². The number of hydrogen-bond donors (Lipinski definition) is 1. The van der Waals surface area contributed by atoms with Gasteiger partial charge in [-0.2, -0.15) is 4.98 Å². The molecule has 7 heteroatoms. The highest BCUT2D eigenvalue weighted by atomic mass is 16.5. The van der Waals surface area contributed by atoms with Gasteiger partial charge in [-0.15, -0.1) is 0 Å². The second-order valence-corrected chi connectivity index (χ2v) is 9.13. The van der Waals surface area contributed by atoms with Crippen LogP contribution in [0.3, 0.4) is 0 Å². The minimum Gasteiger partial charge on any atom is -0.497 e. The van der Waals surface area contributed by atoms with E-state index in [1.807, 2.05) is 88.4 Å². The van der Waals surface area contributed by atoms with Crippen molar-refractivity contribution in [3.05, 3.63) is 101 Å². The second-order valence-electron chi connectivity index (χ2n) is 9.13. The number of carbonyl (C=O) groups is 1. The van der Waals surface area contributed by atoms with Crippen molar-refractivity contribution in [3.8, 4) is 17.1 Å². The number of allylic oxidation sites excluding steroid dienone is 1. The quantitative estimate of drug-likeness (QED) is 0.359. The summed E-state index contributed by atoms with van der Waals surface area (Å²) in [5, 5.41) is 7.41. The molecule has 0 fully saturated rings. The maximum Gasteiger partial charge on any atom is 0.326 e. The van der Waals surface area contributed by atoms with Crippen LogP contribution in [0.2, 0.25) is 0 Å². The Balaban J connectivity index is 1.67. The molecule has 1 atom stereocenters. The van der Waals surface area contributed by atoms with Gasteiger partial charge in [0.25, 0.3) is 5.89 Å². The molecule has 1 unspecified atom stereocenters. The summed E-state index contributed by atoms with van der Waals surface area (Å²) in [6.45, 7) is 7.98. The zero-order valence-electron chi connectivity index (χ0n) is 21.0. The predicted molar refractivity (Wildman–Crippen MR) is 140 cm³/mol. The highest BCUT2D eigenvalue weighted by molar-refractivity contribution is 6.01. The van der Waals surface area contributed by atoms with E-state index in [2.05, 4.69) is 16.5 Å². The fraction of sp³-hybridized carbons (Fsp3) is 0.207. The lowest BCUT2D eigenvalue weighted by atomic mass is 9.94. The molecule has 1 N–H and O–H groups in total. The Bertz CT molecular complexity index is 1450. The van der Waals surface area contributed by atoms with E-state index in [4.69, 9.17) is 14.2 Å². The molecule has 1 aromatic heterocycles. The first-order valence-corrected chi connectivity index (χ1v) is 11.8. The number of aromatic nitrogens is 2. The van der Waals surface area contributed by atoms with Crippen molar-refractivity contribution in [1.29, 1.82) is 0 Å². The summed E-state index contributed by atoms with van der Waals surface area (Å²) in [5.41, 5.74) is 7.23. The first-order valence-electron chi connectivity index (χ1n) is 11.8. The van der Waals surface area contributed by atoms with Gasteiger partial charge < -0.3 is 14.6 Å². The first kappa shape index (κ1) is 23.4. The Labute approximate surface area is 210 Å². The summed E-state index contributed by atoms with van der Waals surface area (Å²) in [5.74, 6) is 1.54. The number of nitrogens with one attached hydrogen (secondary N) is 1. The molecule has 4 aromatic rings. The molecule has 2 amide bonds. The zero-order chi connectivity index (χ0) is 25.4. The average molecular weight is 481 g/mol. The van der Waals surface area contributed by atoms with Crippen LogP contribution >= 0.6 is 0 Å². The van der Waals surface area contributed by atoms with Crippen LogP contribution in [0.25, 0.3) is 17.0 Å². The molecular formula is C29H28N4O3. The lowest BCUT2D eigenvalue weighted by molar-refractivity contribution is 0.244. The van der Waals surface area contributed by atoms with Crippen molar-refractivity contribution in [2.75, 3.05) is 12.0 Å². The van der Waals surface area contributed by atoms with Crippen molar-refractivity contribution in [3.63, 3.8) is 0 Å². The molecule has 5 rings (SSSR count). The van der Waals surface area contributed by atoms with Gasteiger partial charge in [0, 0.05) is 11.3 Å². The van der Waals surface area contributed by atoms with Crippen LogP contribution in [0.4, 0.5) is 10.5 Å². The third kappa shape index (κ3) is 4.35. The molecule has 1 aliphatic rings. The van der Waals surface area contributed by atoms with Crippen LogP contribution in [0, 0.1) is 20.8 Å². The van der Waals surface area contributed by atoms with E-state index in [0.29, 0.717) is 17.5 Å². The highest BCUT2D eigenvalue weighted by Gasteiger charge is 2.36. The number of carbonyl (C=O) groups excluding carboxylic acids is 1. The third-order valence-electron chi connectivity index (χ3n) is 6.34. The lowest BCUT2D eigenvalue weighted by Gasteiger charge is -2.35. The van der Waals surface area contributed by atoms with E-state index in [1.54, 1.807) is 12.0 Å². The number of anilines is 1. The molecule has 0 radical (unpaired) electrons. The van der Waals surface area contributed by atoms with E-state index in [0.717, 1.165) is 44.8 Å². The molecule has 2 heterocycles. The first-order chi connectivity index (χ1) is 17.3. The number of urea groups is 1. The number of methoxy groups -OCH3 is 1. The standard InChI is InChI=1S/C29H28N4O3/c1-17-9-11-21(12-10-17)27-31-28(36-32-27)25-20(4)33(23-14-18(2)13-19(3)15-23)29(34)30-26(25)22-7-6-8-24(16-22)35-5/h6-16,26H,1-5H3,(H,30,34). The fourth-order valence-corrected chi connectivity index (χ4v) is 4.63. The highest BCUT2D eigenvalue weighted by Crippen LogP contribution is 2.40. The monoisotopic (exact) mass is 480 g/mol. The Kier molecular flexibility index (Phi) is 6.06. The van der Waals surface area contributed by atoms with Gasteiger partial charge in [0.2, 0.25) is 5.82 Å². The predicted octanol–water partition coefficient (Wildman–Crippen LogP) is 6.37. The van der Waals surface area contributed by atoms with E-state index in [9.17, 15) is 4.79 Å². The van der Waals surface area contributed by atoms with Gasteiger partial charge in [-0.1, -0.05) is 53.2 Å². The van der Waals surface area contributed by atoms with Crippen LogP contribution in [0.15, 0.2) is 77.0 Å². The van der Waals surface area contributed by atoms with Crippen LogP contribution in [-0.2, 0) is 0 Å². The Morgan fingerprint density at radius 1 is 0.917 bits per heavy atom. The topological polar surface area (TPSA) is 80.5 Å². The molecule has 7 nitrogen and oxygen atoms in total. The van der Waals surface area contributed by atoms with Gasteiger partial charge in [0.15, 0.2) is 0 Å². The Morgan fingerprint density at radius 3 is 2.33 bits per heavy atom. The third-order valence-corrected chi connectivity index (χ3v) is 6.34. The second kappa shape index (κ2) is 9.34. The van der Waals surface area contributed by atoms with Crippen molar-refractivity contribution in [1.82, 2.24) is 15.5 Å². The SMILES string of the molecule is COc1cccc(C2NC(=O)N(c3cc(C)cc(C)c3)C(C)=C2c2nc(-c3ccc(C)cc3)no2)c1. The van der Waals surface area contributed by atoms with Crippen LogP contribution < -0.4 is 15.0 Å². The maximum absolute atomic E-state index is 13.5. The largest absolute Gasteiger partial charge is 0.497 e. The fourth-order valence-electron chi connectivity index (χ4n) is 4.63. The molecule has 0 aliphatic carbocycles. The molecule has 182 valence electrons. The molecule has 0 saturated heterocycles. The van der Waals surface area contributed by atoms with Gasteiger partial charge in [-0.3, -0.25) is 4.90 Å². The number of amides is 2. The summed E-state index contributed by atoms with van der Waals surface area (Å²) >= 11 is 0. The van der Waals surface area contributed by atoms with Gasteiger partial charge in [0.1, 0.15) is 5.75 Å². The normalized spacial score (nSPS) is 15.8. The lowest BCUT2D eigenvalue weighted by Crippen LogP contribution is -2.46. The number of benzene rings is 3. The van der Waals surface area contributed by atoms with Crippen molar-refractivity contribution < 1.29 is 14.1 Å². The molecule has 0 spiro atoms. The summed E-state index contributed by atoms with van der Waals surface area (Å²) in [6.07, 6.45) is 0. The van der Waals surface area contributed by atoms with E-state index in [-0.39, 0.29) is 6.03 Å². The van der Waals surface area contributed by atoms with Gasteiger partial charge in [0.05, 0.1) is 24.4 Å². The molecule has 0 saturated carbocycles. The van der Waals surface area contributed by atoms with E-state index >= 15 is 0 Å². The number of ether oxygens (including phenoxy) is 1. The number of aryl methyl sites for hydroxylation is 3. The number of rotatable bonds is 5. The molecule has 36 heavy (non-hydrogen) atoms. The summed E-state index contributed by atoms with van der Waals surface area (Å²) in [6, 6.07) is 20.9. The van der Waals surface area contributed by atoms with Gasteiger partial charge in [-0.25, -0.2) is 4.79 Å². The summed E-state index contributed by atoms with van der Waals surface area (Å²) in [4.78, 5) is 19.9. The molecule has 0 bridgehead atoms. The number of nitrogens with zero attached hydrogens (tertiary/aromatic N) is 3. The minimum atomic E-state index is -0.499. The van der Waals surface area contributed by atoms with Crippen LogP contribution in [0.1, 0.15) is 41.1 Å². The van der Waals surface area contributed by atoms with E-state index in [1.165, 1.54) is 0 Å². The maximum atomic E-state index is 13.5. The molecule has 1 aliphatic heterocycles. The molecule has 3 aromatic carbocycles. The number of hydrogen-bond acceptors (Lipinski definition) is 5. The smallest absolute Gasteiger partial charge is 0.326 e. The van der Waals surface area contributed by atoms with Crippen molar-refractivity contribution in [2.45, 2.75) is 33.7 Å². The zero-order valence-corrected chi connectivity index (χ0v) is 21.0. The minimum absolute atomic E-state index is 0.229. The molecular weight excluding hydrogens is 452 g/mol. The average Bonchev–Trinajstić information content (AvgIpc) is 3.33. The summed E-state index contributed by atoms with van der Waals surface area (Å²) in [7, 11) is 1.62. The Morgan fingerprint density at radius 2 is 1.64 bits per heavy atom. The Hall–Kier alpha value is -4.39. The van der Waals surface area contributed by atoms with Crippen LogP contribution in [-0.4, -0.2) is 23.3 Å². The van der Waals surface area contributed by atoms with E-state index < -0.39 is 6.04 Å². The van der Waals surface area contributed by atoms with Crippen molar-refractivity contribution >= 4 is 17.3 Å². The van der Waals surface area contributed by atoms with Gasteiger partial charge >= 0.3 is 6.03 Å².